The molecule has 2 aliphatic heterocycles. The number of anilines is 9. The topological polar surface area (TPSA) is 9.72 Å². The Morgan fingerprint density at radius 1 is 0.452 bits per heavy atom. The van der Waals surface area contributed by atoms with Crippen LogP contribution in [-0.2, 0) is 37.9 Å². The number of benzene rings is 6. The van der Waals surface area contributed by atoms with Crippen LogP contribution in [0.15, 0.2) is 127 Å². The monoisotopic (exact) mass is 982 g/mol. The van der Waals surface area contributed by atoms with Gasteiger partial charge in [-0.2, -0.15) is 11.3 Å². The van der Waals surface area contributed by atoms with Gasteiger partial charge in [-0.15, -0.1) is 0 Å². The maximum absolute atomic E-state index is 2.74. The third kappa shape index (κ3) is 8.12. The molecule has 0 amide bonds. The smallest absolute Gasteiger partial charge is 0.264 e. The van der Waals surface area contributed by atoms with E-state index in [0.29, 0.717) is 0 Å². The highest BCUT2D eigenvalue weighted by Crippen LogP contribution is 2.58. The van der Waals surface area contributed by atoms with Crippen molar-refractivity contribution in [1.82, 2.24) is 0 Å². The van der Waals surface area contributed by atoms with E-state index in [0.717, 1.165) is 29.9 Å². The third-order valence-corrected chi connectivity index (χ3v) is 19.4. The van der Waals surface area contributed by atoms with E-state index in [1.54, 1.807) is 10.4 Å². The van der Waals surface area contributed by atoms with E-state index in [9.17, 15) is 0 Å². The summed E-state index contributed by atoms with van der Waals surface area (Å²) in [6.45, 7) is 41.0. The molecular weight excluding hydrogens is 902 g/mol. The summed E-state index contributed by atoms with van der Waals surface area (Å²) in [6, 6.07) is 50.2. The van der Waals surface area contributed by atoms with E-state index >= 15 is 0 Å². The molecule has 2 aliphatic carbocycles. The highest BCUT2D eigenvalue weighted by Gasteiger charge is 2.52. The van der Waals surface area contributed by atoms with Gasteiger partial charge in [-0.3, -0.25) is 0 Å². The summed E-state index contributed by atoms with van der Waals surface area (Å²) in [5.41, 5.74) is 22.6. The molecule has 7 aromatic rings. The first-order chi connectivity index (χ1) is 34.1. The first kappa shape index (κ1) is 49.7. The van der Waals surface area contributed by atoms with Gasteiger partial charge in [-0.25, -0.2) is 0 Å². The van der Waals surface area contributed by atoms with Crippen LogP contribution in [0.2, 0.25) is 0 Å². The van der Waals surface area contributed by atoms with Gasteiger partial charge < -0.3 is 14.7 Å². The summed E-state index contributed by atoms with van der Waals surface area (Å²) in [6.07, 6.45) is 4.65. The molecular formula is C68H80BN3S. The van der Waals surface area contributed by atoms with E-state index in [2.05, 4.69) is 271 Å². The van der Waals surface area contributed by atoms with Gasteiger partial charge in [0.2, 0.25) is 0 Å². The molecule has 11 rings (SSSR count). The van der Waals surface area contributed by atoms with Crippen LogP contribution in [0.4, 0.5) is 51.2 Å². The Labute approximate surface area is 444 Å². The van der Waals surface area contributed by atoms with Crippen molar-refractivity contribution in [3.05, 3.63) is 166 Å². The molecule has 0 saturated carbocycles. The molecule has 0 fully saturated rings. The second-order valence-corrected chi connectivity index (χ2v) is 29.1. The minimum atomic E-state index is -0.0262. The van der Waals surface area contributed by atoms with Crippen molar-refractivity contribution >= 4 is 84.9 Å². The van der Waals surface area contributed by atoms with Crippen LogP contribution in [0.3, 0.4) is 0 Å². The number of hydrogen-bond donors (Lipinski definition) is 0. The van der Waals surface area contributed by atoms with Gasteiger partial charge in [0.1, 0.15) is 0 Å². The maximum atomic E-state index is 2.74. The molecule has 5 heteroatoms. The van der Waals surface area contributed by atoms with Crippen molar-refractivity contribution in [3.8, 4) is 0 Å². The van der Waals surface area contributed by atoms with Crippen LogP contribution >= 0.6 is 11.3 Å². The van der Waals surface area contributed by atoms with Crippen LogP contribution in [-0.4, -0.2) is 6.71 Å². The van der Waals surface area contributed by atoms with Crippen LogP contribution in [0.5, 0.6) is 0 Å². The summed E-state index contributed by atoms with van der Waals surface area (Å²) >= 11 is 2.13. The summed E-state index contributed by atoms with van der Waals surface area (Å²) in [4.78, 5) is 9.49. The van der Waals surface area contributed by atoms with Gasteiger partial charge in [-0.1, -0.05) is 178 Å². The van der Waals surface area contributed by atoms with Crippen molar-refractivity contribution in [2.24, 2.45) is 0 Å². The average molecular weight is 982 g/mol. The van der Waals surface area contributed by atoms with Crippen molar-refractivity contribution in [2.45, 2.75) is 181 Å². The standard InChI is InChI=1S/C68H80BN3S/c1-62(2,3)43-23-29-47(30-24-43)70(46-21-19-18-20-22-46)50-39-55-58-56(40-50)72(49-33-27-45(28-34-49)64(7,8)9)59-57-60(68(16,17)38-37-67(57,14)15)73-61(59)69(58)53-41-51-52(66(12,13)36-35-65(51,10)11)42-54(53)71(55)48-31-25-44(26-32-48)63(4,5)6/h18-34,39-42H,35-38H2,1-17H3. The molecule has 0 N–H and O–H groups in total. The number of fused-ring (bicyclic) bond motifs is 7. The summed E-state index contributed by atoms with van der Waals surface area (Å²) in [5.74, 6) is 0. The molecule has 3 nitrogen and oxygen atoms in total. The van der Waals surface area contributed by atoms with Gasteiger partial charge in [0.25, 0.3) is 6.71 Å². The molecule has 0 unspecified atom stereocenters. The Kier molecular flexibility index (Phi) is 11.2. The van der Waals surface area contributed by atoms with Crippen molar-refractivity contribution < 1.29 is 0 Å². The molecule has 0 atom stereocenters. The number of hydrogen-bond acceptors (Lipinski definition) is 4. The predicted molar refractivity (Wildman–Crippen MR) is 320 cm³/mol. The lowest BCUT2D eigenvalue weighted by molar-refractivity contribution is 0.332. The van der Waals surface area contributed by atoms with Gasteiger partial charge in [0.05, 0.1) is 11.4 Å². The van der Waals surface area contributed by atoms with Gasteiger partial charge >= 0.3 is 0 Å². The molecule has 73 heavy (non-hydrogen) atoms. The second-order valence-electron chi connectivity index (χ2n) is 28.1. The first-order valence-electron chi connectivity index (χ1n) is 27.4. The van der Waals surface area contributed by atoms with Crippen molar-refractivity contribution in [2.75, 3.05) is 14.7 Å². The molecule has 0 saturated heterocycles. The fourth-order valence-electron chi connectivity index (χ4n) is 12.9. The minimum Gasteiger partial charge on any atom is -0.311 e. The molecule has 0 bridgehead atoms. The third-order valence-electron chi connectivity index (χ3n) is 17.8. The average Bonchev–Trinajstić information content (AvgIpc) is 3.75. The summed E-state index contributed by atoms with van der Waals surface area (Å²) in [5, 5.41) is 0. The number of nitrogens with zero attached hydrogens (tertiary/aromatic N) is 3. The zero-order valence-electron chi connectivity index (χ0n) is 47.3. The lowest BCUT2D eigenvalue weighted by Gasteiger charge is -2.48. The summed E-state index contributed by atoms with van der Waals surface area (Å²) < 4.78 is 1.49. The lowest BCUT2D eigenvalue weighted by atomic mass is 9.35. The Balaban J connectivity index is 1.31. The number of rotatable bonds is 5. The van der Waals surface area contributed by atoms with Crippen LogP contribution in [0.25, 0.3) is 0 Å². The van der Waals surface area contributed by atoms with Gasteiger partial charge in [-0.05, 0) is 175 Å². The maximum Gasteiger partial charge on any atom is 0.264 e. The quantitative estimate of drug-likeness (QED) is 0.159. The zero-order valence-corrected chi connectivity index (χ0v) is 48.1. The van der Waals surface area contributed by atoms with Gasteiger partial charge in [0, 0.05) is 49.5 Å². The van der Waals surface area contributed by atoms with E-state index in [1.807, 2.05) is 0 Å². The fourth-order valence-corrected chi connectivity index (χ4v) is 14.6. The zero-order chi connectivity index (χ0) is 52.2. The number of para-hydroxylation sites is 1. The Bertz CT molecular complexity index is 3280. The summed E-state index contributed by atoms with van der Waals surface area (Å²) in [7, 11) is 0. The first-order valence-corrected chi connectivity index (χ1v) is 28.2. The van der Waals surface area contributed by atoms with Crippen molar-refractivity contribution in [1.29, 1.82) is 0 Å². The molecule has 3 heterocycles. The molecule has 4 aliphatic rings. The molecule has 0 spiro atoms. The van der Waals surface area contributed by atoms with Gasteiger partial charge in [0.15, 0.2) is 0 Å². The number of thiophene rings is 1. The predicted octanol–water partition coefficient (Wildman–Crippen LogP) is 17.9. The molecule has 376 valence electrons. The highest BCUT2D eigenvalue weighted by molar-refractivity contribution is 7.29. The van der Waals surface area contributed by atoms with Crippen LogP contribution < -0.4 is 30.4 Å². The van der Waals surface area contributed by atoms with E-state index in [1.165, 1.54) is 90.5 Å². The highest BCUT2D eigenvalue weighted by atomic mass is 32.1. The minimum absolute atomic E-state index is 0.0230. The lowest BCUT2D eigenvalue weighted by Crippen LogP contribution is -2.61. The van der Waals surface area contributed by atoms with E-state index in [-0.39, 0.29) is 44.6 Å². The molecule has 1 aromatic heterocycles. The second kappa shape index (κ2) is 16.5. The van der Waals surface area contributed by atoms with Crippen LogP contribution in [0, 0.1) is 0 Å². The Morgan fingerprint density at radius 3 is 1.41 bits per heavy atom. The molecule has 6 aromatic carbocycles. The Hall–Kier alpha value is -5.52. The van der Waals surface area contributed by atoms with Crippen LogP contribution in [0.1, 0.15) is 182 Å². The molecule has 0 radical (unpaired) electrons. The SMILES string of the molecule is CC(C)(C)c1ccc(N(c2ccccc2)c2cc3c4c(c2)N(c2ccc(C(C)(C)C)cc2)c2c(sc5c2C(C)(C)CCC5(C)C)B4c2cc4c(cc2N3c2ccc(C(C)(C)C)cc2)C(C)(C)CCC4(C)C)cc1. The fraction of sp³-hybridized carbons (Fsp3) is 0.412. The normalized spacial score (nSPS) is 18.1. The van der Waals surface area contributed by atoms with Crippen molar-refractivity contribution in [3.63, 3.8) is 0 Å². The van der Waals surface area contributed by atoms with E-state index in [4.69, 9.17) is 0 Å². The van der Waals surface area contributed by atoms with E-state index < -0.39 is 0 Å². The Morgan fingerprint density at radius 2 is 0.890 bits per heavy atom. The largest absolute Gasteiger partial charge is 0.311 e.